The van der Waals surface area contributed by atoms with Crippen LogP contribution in [0.4, 0.5) is 0 Å². The first kappa shape index (κ1) is 12.2. The number of carbonyl (C=O) groups excluding carboxylic acids is 1. The third-order valence-corrected chi connectivity index (χ3v) is 2.10. The van der Waals surface area contributed by atoms with Crippen molar-refractivity contribution < 1.29 is 14.5 Å². The molecular weight excluding hydrogens is 210 g/mol. The zero-order valence-electron chi connectivity index (χ0n) is 8.96. The van der Waals surface area contributed by atoms with Gasteiger partial charge in [0.1, 0.15) is 5.92 Å². The first-order valence-corrected chi connectivity index (χ1v) is 4.98. The highest BCUT2D eigenvalue weighted by Gasteiger charge is 2.26. The second-order valence-electron chi connectivity index (χ2n) is 3.23. The van der Waals surface area contributed by atoms with Crippen LogP contribution in [0.1, 0.15) is 18.4 Å². The molecule has 1 aromatic carbocycles. The van der Waals surface area contributed by atoms with Crippen molar-refractivity contribution in [2.75, 3.05) is 13.2 Å². The van der Waals surface area contributed by atoms with Crippen molar-refractivity contribution in [2.24, 2.45) is 0 Å². The first-order chi connectivity index (χ1) is 7.65. The molecule has 16 heavy (non-hydrogen) atoms. The van der Waals surface area contributed by atoms with Crippen molar-refractivity contribution >= 4 is 5.97 Å². The Labute approximate surface area is 93.2 Å². The number of esters is 1. The summed E-state index contributed by atoms with van der Waals surface area (Å²) in [5, 5.41) is 10.5. The molecule has 1 aromatic rings. The minimum Gasteiger partial charge on any atom is -0.465 e. The van der Waals surface area contributed by atoms with E-state index in [9.17, 15) is 14.9 Å². The van der Waals surface area contributed by atoms with E-state index in [4.69, 9.17) is 4.74 Å². The van der Waals surface area contributed by atoms with Gasteiger partial charge in [-0.15, -0.1) is 0 Å². The minimum atomic E-state index is -0.823. The summed E-state index contributed by atoms with van der Waals surface area (Å²) in [6, 6.07) is 8.64. The van der Waals surface area contributed by atoms with Gasteiger partial charge in [-0.2, -0.15) is 0 Å². The molecule has 5 heteroatoms. The number of hydrogen-bond donors (Lipinski definition) is 0. The monoisotopic (exact) mass is 223 g/mol. The Kier molecular flexibility index (Phi) is 4.44. The van der Waals surface area contributed by atoms with Gasteiger partial charge in [-0.3, -0.25) is 14.9 Å². The summed E-state index contributed by atoms with van der Waals surface area (Å²) in [6.07, 6.45) is 0. The largest absolute Gasteiger partial charge is 0.465 e. The van der Waals surface area contributed by atoms with Crippen LogP contribution in [0.2, 0.25) is 0 Å². The maximum atomic E-state index is 11.6. The fraction of sp³-hybridized carbons (Fsp3) is 0.364. The summed E-state index contributed by atoms with van der Waals surface area (Å²) in [5.41, 5.74) is 0.609. The number of benzene rings is 1. The van der Waals surface area contributed by atoms with E-state index in [-0.39, 0.29) is 6.61 Å². The number of carbonyl (C=O) groups is 1. The van der Waals surface area contributed by atoms with E-state index in [1.807, 2.05) is 0 Å². The number of nitrogens with zero attached hydrogens (tertiary/aromatic N) is 1. The van der Waals surface area contributed by atoms with E-state index >= 15 is 0 Å². The highest BCUT2D eigenvalue weighted by Crippen LogP contribution is 2.17. The van der Waals surface area contributed by atoms with Gasteiger partial charge in [-0.25, -0.2) is 0 Å². The van der Waals surface area contributed by atoms with Crippen molar-refractivity contribution in [1.82, 2.24) is 0 Å². The molecule has 86 valence electrons. The van der Waals surface area contributed by atoms with E-state index in [1.165, 1.54) is 0 Å². The van der Waals surface area contributed by atoms with E-state index in [0.717, 1.165) is 0 Å². The molecule has 0 saturated heterocycles. The Morgan fingerprint density at radius 1 is 1.44 bits per heavy atom. The molecule has 0 saturated carbocycles. The molecule has 1 atom stereocenters. The quantitative estimate of drug-likeness (QED) is 0.432. The van der Waals surface area contributed by atoms with Gasteiger partial charge in [0.25, 0.3) is 0 Å². The summed E-state index contributed by atoms with van der Waals surface area (Å²) in [5.74, 6) is -1.37. The van der Waals surface area contributed by atoms with Crippen molar-refractivity contribution in [3.8, 4) is 0 Å². The zero-order valence-corrected chi connectivity index (χ0v) is 8.96. The predicted molar refractivity (Wildman–Crippen MR) is 57.7 cm³/mol. The average molecular weight is 223 g/mol. The maximum Gasteiger partial charge on any atom is 0.320 e. The third-order valence-electron chi connectivity index (χ3n) is 2.10. The standard InChI is InChI=1S/C11H13NO4/c1-2-16-11(13)10(8-12(14)15)9-6-4-3-5-7-9/h3-7,10H,2,8H2,1H3. The highest BCUT2D eigenvalue weighted by atomic mass is 16.6. The van der Waals surface area contributed by atoms with Crippen molar-refractivity contribution in [2.45, 2.75) is 12.8 Å². The molecule has 1 rings (SSSR count). The van der Waals surface area contributed by atoms with Crippen molar-refractivity contribution in [3.05, 3.63) is 46.0 Å². The maximum absolute atomic E-state index is 11.6. The summed E-state index contributed by atoms with van der Waals surface area (Å²) >= 11 is 0. The van der Waals surface area contributed by atoms with Crippen LogP contribution in [-0.4, -0.2) is 24.0 Å². The van der Waals surface area contributed by atoms with Crippen molar-refractivity contribution in [3.63, 3.8) is 0 Å². The molecule has 1 unspecified atom stereocenters. The van der Waals surface area contributed by atoms with Gasteiger partial charge in [0.15, 0.2) is 0 Å². The van der Waals surface area contributed by atoms with E-state index in [1.54, 1.807) is 37.3 Å². The van der Waals surface area contributed by atoms with E-state index in [2.05, 4.69) is 0 Å². The van der Waals surface area contributed by atoms with E-state index < -0.39 is 23.4 Å². The van der Waals surface area contributed by atoms with Crippen LogP contribution in [0.5, 0.6) is 0 Å². The molecule has 0 fully saturated rings. The van der Waals surface area contributed by atoms with Gasteiger partial charge < -0.3 is 4.74 Å². The SMILES string of the molecule is CCOC(=O)C(C[N+](=O)[O-])c1ccccc1. The van der Waals surface area contributed by atoms with Crippen molar-refractivity contribution in [1.29, 1.82) is 0 Å². The second-order valence-corrected chi connectivity index (χ2v) is 3.23. The van der Waals surface area contributed by atoms with Crippen LogP contribution in [0.3, 0.4) is 0 Å². The molecule has 0 amide bonds. The topological polar surface area (TPSA) is 69.4 Å². The Balaban J connectivity index is 2.87. The lowest BCUT2D eigenvalue weighted by Crippen LogP contribution is -2.23. The Morgan fingerprint density at radius 3 is 2.56 bits per heavy atom. The Morgan fingerprint density at radius 2 is 2.06 bits per heavy atom. The molecule has 0 N–H and O–H groups in total. The van der Waals surface area contributed by atoms with Gasteiger partial charge in [0.2, 0.25) is 6.54 Å². The van der Waals surface area contributed by atoms with Gasteiger partial charge in [-0.05, 0) is 12.5 Å². The smallest absolute Gasteiger partial charge is 0.320 e. The molecule has 0 spiro atoms. The zero-order chi connectivity index (χ0) is 12.0. The van der Waals surface area contributed by atoms with Crippen LogP contribution >= 0.6 is 0 Å². The lowest BCUT2D eigenvalue weighted by atomic mass is 9.99. The van der Waals surface area contributed by atoms with Crippen LogP contribution in [0.25, 0.3) is 0 Å². The molecule has 0 bridgehead atoms. The number of nitro groups is 1. The number of ether oxygens (including phenoxy) is 1. The molecule has 0 heterocycles. The fourth-order valence-electron chi connectivity index (χ4n) is 1.39. The van der Waals surface area contributed by atoms with Crippen LogP contribution < -0.4 is 0 Å². The summed E-state index contributed by atoms with van der Waals surface area (Å²) in [6.45, 7) is 1.45. The third kappa shape index (κ3) is 3.34. The molecule has 5 nitrogen and oxygen atoms in total. The van der Waals surface area contributed by atoms with Crippen LogP contribution in [0.15, 0.2) is 30.3 Å². The second kappa shape index (κ2) is 5.85. The molecular formula is C11H13NO4. The Bertz CT molecular complexity index is 364. The lowest BCUT2D eigenvalue weighted by Gasteiger charge is -2.11. The van der Waals surface area contributed by atoms with Gasteiger partial charge in [-0.1, -0.05) is 30.3 Å². The first-order valence-electron chi connectivity index (χ1n) is 4.98. The molecule has 0 aromatic heterocycles. The lowest BCUT2D eigenvalue weighted by molar-refractivity contribution is -0.481. The van der Waals surface area contributed by atoms with E-state index in [0.29, 0.717) is 5.56 Å². The summed E-state index contributed by atoms with van der Waals surface area (Å²) in [4.78, 5) is 21.5. The fourth-order valence-corrected chi connectivity index (χ4v) is 1.39. The van der Waals surface area contributed by atoms with Gasteiger partial charge in [0, 0.05) is 4.92 Å². The summed E-state index contributed by atoms with van der Waals surface area (Å²) < 4.78 is 4.82. The Hall–Kier alpha value is -1.91. The summed E-state index contributed by atoms with van der Waals surface area (Å²) in [7, 11) is 0. The van der Waals surface area contributed by atoms with Crippen LogP contribution in [0, 0.1) is 10.1 Å². The normalized spacial score (nSPS) is 11.8. The molecule has 0 aliphatic rings. The average Bonchev–Trinajstić information content (AvgIpc) is 2.27. The molecule has 0 aliphatic carbocycles. The number of rotatable bonds is 5. The van der Waals surface area contributed by atoms with Gasteiger partial charge in [0.05, 0.1) is 6.61 Å². The molecule has 0 aliphatic heterocycles. The number of hydrogen-bond acceptors (Lipinski definition) is 4. The van der Waals surface area contributed by atoms with Crippen LogP contribution in [-0.2, 0) is 9.53 Å². The minimum absolute atomic E-state index is 0.222. The predicted octanol–water partition coefficient (Wildman–Crippen LogP) is 1.61. The highest BCUT2D eigenvalue weighted by molar-refractivity contribution is 5.78. The molecule has 0 radical (unpaired) electrons. The van der Waals surface area contributed by atoms with Gasteiger partial charge >= 0.3 is 5.97 Å².